The number of amides is 2. The summed E-state index contributed by atoms with van der Waals surface area (Å²) in [4.78, 5) is 25.9. The molecule has 3 N–H and O–H groups in total. The van der Waals surface area contributed by atoms with Gasteiger partial charge in [0.1, 0.15) is 12.3 Å². The normalized spacial score (nSPS) is 14.1. The third kappa shape index (κ3) is 6.32. The monoisotopic (exact) mass is 396 g/mol. The van der Waals surface area contributed by atoms with Gasteiger partial charge >= 0.3 is 0 Å². The number of benzene rings is 2. The first-order valence-corrected chi connectivity index (χ1v) is 10.2. The number of nitrogens with one attached hydrogen (secondary N) is 3. The lowest BCUT2D eigenvalue weighted by Crippen LogP contribution is -3.13. The number of carbonyl (C=O) groups is 2. The molecule has 0 spiro atoms. The van der Waals surface area contributed by atoms with Crippen LogP contribution in [0.3, 0.4) is 0 Å². The second-order valence-electron chi connectivity index (χ2n) is 7.47. The van der Waals surface area contributed by atoms with Crippen molar-refractivity contribution in [1.82, 2.24) is 5.32 Å². The van der Waals surface area contributed by atoms with Gasteiger partial charge in [-0.05, 0) is 42.3 Å². The first kappa shape index (κ1) is 20.9. The zero-order valence-corrected chi connectivity index (χ0v) is 17.2. The molecular formula is C23H30N3O3+. The zero-order valence-electron chi connectivity index (χ0n) is 17.2. The first-order chi connectivity index (χ1) is 14.1. The molecule has 0 bridgehead atoms. The molecule has 154 valence electrons. The van der Waals surface area contributed by atoms with Crippen molar-refractivity contribution in [1.29, 1.82) is 0 Å². The summed E-state index contributed by atoms with van der Waals surface area (Å²) in [7, 11) is 1.65. The van der Waals surface area contributed by atoms with Crippen LogP contribution in [0.1, 0.15) is 30.9 Å². The lowest BCUT2D eigenvalue weighted by Gasteiger charge is -2.19. The van der Waals surface area contributed by atoms with Gasteiger partial charge in [0.25, 0.3) is 5.91 Å². The fourth-order valence-electron chi connectivity index (χ4n) is 3.44. The molecule has 1 aliphatic carbocycles. The minimum Gasteiger partial charge on any atom is -0.497 e. The van der Waals surface area contributed by atoms with E-state index in [-0.39, 0.29) is 18.4 Å². The quantitative estimate of drug-likeness (QED) is 0.571. The molecular weight excluding hydrogens is 366 g/mol. The number of ether oxygens (including phenoxy) is 1. The molecule has 1 unspecified atom stereocenters. The summed E-state index contributed by atoms with van der Waals surface area (Å²) in [5, 5.41) is 5.65. The van der Waals surface area contributed by atoms with Crippen LogP contribution in [0.15, 0.2) is 48.5 Å². The number of quaternary nitrogens is 1. The predicted molar refractivity (Wildman–Crippen MR) is 113 cm³/mol. The highest BCUT2D eigenvalue weighted by molar-refractivity contribution is 5.95. The van der Waals surface area contributed by atoms with E-state index in [0.717, 1.165) is 42.8 Å². The van der Waals surface area contributed by atoms with Crippen molar-refractivity contribution >= 4 is 17.5 Å². The summed E-state index contributed by atoms with van der Waals surface area (Å²) in [6.07, 6.45) is 3.13. The molecule has 1 fully saturated rings. The van der Waals surface area contributed by atoms with Crippen LogP contribution in [0, 0.1) is 0 Å². The number of anilines is 1. The molecule has 0 aliphatic heterocycles. The number of rotatable bonds is 10. The zero-order chi connectivity index (χ0) is 20.6. The van der Waals surface area contributed by atoms with Gasteiger partial charge in [0, 0.05) is 24.1 Å². The summed E-state index contributed by atoms with van der Waals surface area (Å²) in [5.74, 6) is 0.525. The standard InChI is InChI=1S/C23H29N3O3/c1-3-18-6-4-5-7-21(18)25-22(27)14-24-23(28)16-26(19-10-11-19)15-17-8-12-20(29-2)13-9-17/h4-9,12-13,19H,3,10-11,14-16H2,1-2H3,(H,24,28)(H,25,27)/p+1. The van der Waals surface area contributed by atoms with Gasteiger partial charge in [-0.2, -0.15) is 0 Å². The summed E-state index contributed by atoms with van der Waals surface area (Å²) in [6, 6.07) is 16.2. The maximum absolute atomic E-state index is 12.4. The number of aryl methyl sites for hydroxylation is 1. The molecule has 6 heteroatoms. The van der Waals surface area contributed by atoms with Gasteiger partial charge in [-0.3, -0.25) is 9.59 Å². The molecule has 29 heavy (non-hydrogen) atoms. The third-order valence-electron chi connectivity index (χ3n) is 5.25. The Kier molecular flexibility index (Phi) is 7.25. The van der Waals surface area contributed by atoms with E-state index in [2.05, 4.69) is 10.6 Å². The van der Waals surface area contributed by atoms with Gasteiger partial charge in [0.15, 0.2) is 6.54 Å². The summed E-state index contributed by atoms with van der Waals surface area (Å²) in [6.45, 7) is 3.19. The van der Waals surface area contributed by atoms with Crippen LogP contribution in [0.25, 0.3) is 0 Å². The number of para-hydroxylation sites is 1. The molecule has 3 rings (SSSR count). The van der Waals surface area contributed by atoms with E-state index in [1.165, 1.54) is 10.5 Å². The van der Waals surface area contributed by atoms with Crippen LogP contribution in [0.4, 0.5) is 5.69 Å². The Bertz CT molecular complexity index is 832. The Morgan fingerprint density at radius 2 is 1.79 bits per heavy atom. The third-order valence-corrected chi connectivity index (χ3v) is 5.25. The molecule has 2 aromatic rings. The molecule has 0 heterocycles. The highest BCUT2D eigenvalue weighted by Crippen LogP contribution is 2.17. The van der Waals surface area contributed by atoms with Gasteiger partial charge in [-0.25, -0.2) is 0 Å². The average molecular weight is 397 g/mol. The number of hydrogen-bond acceptors (Lipinski definition) is 3. The van der Waals surface area contributed by atoms with Crippen molar-refractivity contribution in [3.63, 3.8) is 0 Å². The maximum atomic E-state index is 12.4. The number of hydrogen-bond donors (Lipinski definition) is 3. The fraction of sp³-hybridized carbons (Fsp3) is 0.391. The number of carbonyl (C=O) groups excluding carboxylic acids is 2. The van der Waals surface area contributed by atoms with Crippen LogP contribution in [-0.4, -0.2) is 38.1 Å². The van der Waals surface area contributed by atoms with Crippen molar-refractivity contribution in [2.24, 2.45) is 0 Å². The van der Waals surface area contributed by atoms with E-state index in [1.54, 1.807) is 7.11 Å². The van der Waals surface area contributed by atoms with Gasteiger partial charge in [-0.1, -0.05) is 25.1 Å². The average Bonchev–Trinajstić information content (AvgIpc) is 3.58. The summed E-state index contributed by atoms with van der Waals surface area (Å²) in [5.41, 5.74) is 3.06. The number of methoxy groups -OCH3 is 1. The SMILES string of the molecule is CCc1ccccc1NC(=O)CNC(=O)C[NH+](Cc1ccc(OC)cc1)C1CC1. The molecule has 2 amide bonds. The van der Waals surface area contributed by atoms with Crippen LogP contribution >= 0.6 is 0 Å². The predicted octanol–water partition coefficient (Wildman–Crippen LogP) is 1.56. The molecule has 2 aromatic carbocycles. The van der Waals surface area contributed by atoms with Crippen LogP contribution in [-0.2, 0) is 22.6 Å². The van der Waals surface area contributed by atoms with Gasteiger partial charge < -0.3 is 20.3 Å². The lowest BCUT2D eigenvalue weighted by molar-refractivity contribution is -0.917. The Hall–Kier alpha value is -2.86. The molecule has 1 aliphatic rings. The Labute approximate surface area is 172 Å². The molecule has 1 saturated carbocycles. The second-order valence-corrected chi connectivity index (χ2v) is 7.47. The van der Waals surface area contributed by atoms with Crippen LogP contribution < -0.4 is 20.3 Å². The Morgan fingerprint density at radius 1 is 1.07 bits per heavy atom. The highest BCUT2D eigenvalue weighted by Gasteiger charge is 2.34. The minimum absolute atomic E-state index is 0.0165. The molecule has 0 saturated heterocycles. The molecule has 0 radical (unpaired) electrons. The Balaban J connectivity index is 1.48. The fourth-order valence-corrected chi connectivity index (χ4v) is 3.44. The van der Waals surface area contributed by atoms with E-state index < -0.39 is 0 Å². The molecule has 6 nitrogen and oxygen atoms in total. The van der Waals surface area contributed by atoms with Gasteiger partial charge in [0.2, 0.25) is 5.91 Å². The van der Waals surface area contributed by atoms with E-state index in [9.17, 15) is 9.59 Å². The van der Waals surface area contributed by atoms with Crippen molar-refractivity contribution < 1.29 is 19.2 Å². The second kappa shape index (κ2) is 10.1. The Morgan fingerprint density at radius 3 is 2.45 bits per heavy atom. The van der Waals surface area contributed by atoms with Gasteiger partial charge in [-0.15, -0.1) is 0 Å². The van der Waals surface area contributed by atoms with Crippen LogP contribution in [0.2, 0.25) is 0 Å². The van der Waals surface area contributed by atoms with Crippen molar-refractivity contribution in [3.05, 3.63) is 59.7 Å². The van der Waals surface area contributed by atoms with E-state index in [4.69, 9.17) is 4.74 Å². The van der Waals surface area contributed by atoms with Crippen molar-refractivity contribution in [2.45, 2.75) is 38.8 Å². The minimum atomic E-state index is -0.206. The van der Waals surface area contributed by atoms with Crippen molar-refractivity contribution in [3.8, 4) is 5.75 Å². The van der Waals surface area contributed by atoms with E-state index in [0.29, 0.717) is 12.6 Å². The smallest absolute Gasteiger partial charge is 0.275 e. The van der Waals surface area contributed by atoms with E-state index >= 15 is 0 Å². The van der Waals surface area contributed by atoms with E-state index in [1.807, 2.05) is 55.5 Å². The highest BCUT2D eigenvalue weighted by atomic mass is 16.5. The first-order valence-electron chi connectivity index (χ1n) is 10.2. The topological polar surface area (TPSA) is 71.9 Å². The lowest BCUT2D eigenvalue weighted by atomic mass is 10.1. The van der Waals surface area contributed by atoms with Gasteiger partial charge in [0.05, 0.1) is 19.7 Å². The summed E-state index contributed by atoms with van der Waals surface area (Å²) < 4.78 is 5.20. The molecule has 0 aromatic heterocycles. The summed E-state index contributed by atoms with van der Waals surface area (Å²) >= 11 is 0. The maximum Gasteiger partial charge on any atom is 0.275 e. The van der Waals surface area contributed by atoms with Crippen LogP contribution in [0.5, 0.6) is 5.75 Å². The van der Waals surface area contributed by atoms with Crippen molar-refractivity contribution in [2.75, 3.05) is 25.5 Å². The molecule has 1 atom stereocenters. The largest absolute Gasteiger partial charge is 0.497 e.